The molecular weight excluding hydrogens is 444 g/mol. The highest BCUT2D eigenvalue weighted by Crippen LogP contribution is 2.42. The second kappa shape index (κ2) is 9.51. The first-order chi connectivity index (χ1) is 15.5. The maximum atomic E-state index is 12.9. The number of carbonyl (C=O) groups is 2. The van der Waals surface area contributed by atoms with Crippen molar-refractivity contribution in [3.63, 3.8) is 0 Å². The van der Waals surface area contributed by atoms with E-state index in [4.69, 9.17) is 16.3 Å². The monoisotopic (exact) mass is 464 g/mol. The van der Waals surface area contributed by atoms with Gasteiger partial charge >= 0.3 is 0 Å². The number of halogens is 1. The number of hydrogen-bond donors (Lipinski definition) is 1. The first-order valence-corrected chi connectivity index (χ1v) is 11.1. The Hall–Kier alpha value is -3.22. The molecule has 1 aliphatic rings. The van der Waals surface area contributed by atoms with Gasteiger partial charge in [-0.1, -0.05) is 59.8 Å². The summed E-state index contributed by atoms with van der Waals surface area (Å²) >= 11 is 7.62. The number of amides is 2. The first kappa shape index (κ1) is 22.0. The number of nitrogens with one attached hydrogen (secondary N) is 1. The number of nitrogens with zero attached hydrogens (tertiary/aromatic N) is 1. The highest BCUT2D eigenvalue weighted by atomic mass is 35.5. The molecular formula is C25H21ClN2O3S. The van der Waals surface area contributed by atoms with Crippen LogP contribution in [0, 0.1) is 0 Å². The van der Waals surface area contributed by atoms with Crippen LogP contribution in [0.3, 0.4) is 0 Å². The molecule has 3 aromatic carbocycles. The van der Waals surface area contributed by atoms with E-state index < -0.39 is 0 Å². The Morgan fingerprint density at radius 3 is 2.66 bits per heavy atom. The fraction of sp³-hybridized carbons (Fsp3) is 0.120. The zero-order chi connectivity index (χ0) is 22.7. The van der Waals surface area contributed by atoms with Gasteiger partial charge in [0.15, 0.2) is 0 Å². The summed E-state index contributed by atoms with van der Waals surface area (Å²) in [6.45, 7) is 0.341. The van der Waals surface area contributed by atoms with Gasteiger partial charge in [0, 0.05) is 34.6 Å². The molecule has 3 aromatic rings. The van der Waals surface area contributed by atoms with Gasteiger partial charge in [-0.3, -0.25) is 9.59 Å². The third-order valence-corrected chi connectivity index (χ3v) is 6.56. The normalized spacial score (nSPS) is 14.3. The lowest BCUT2D eigenvalue weighted by Crippen LogP contribution is -2.31. The standard InChI is InChI=1S/C25H21ClN2O3S/c1-28-20-13-17(24(29)27-15-18-8-4-6-10-21(18)31-2)11-12-22(20)32-23(25(28)30)14-16-7-3-5-9-19(16)26/h3-14H,15H2,1-2H3,(H,27,29)/b23-14-. The number of anilines is 1. The smallest absolute Gasteiger partial charge is 0.264 e. The van der Waals surface area contributed by atoms with Crippen LogP contribution in [-0.4, -0.2) is 26.0 Å². The molecule has 1 N–H and O–H groups in total. The van der Waals surface area contributed by atoms with E-state index in [9.17, 15) is 9.59 Å². The average Bonchev–Trinajstić information content (AvgIpc) is 2.82. The molecule has 0 bridgehead atoms. The first-order valence-electron chi connectivity index (χ1n) is 9.94. The van der Waals surface area contributed by atoms with E-state index in [1.54, 1.807) is 43.3 Å². The Labute approximate surface area is 196 Å². The van der Waals surface area contributed by atoms with Gasteiger partial charge in [-0.2, -0.15) is 0 Å². The van der Waals surface area contributed by atoms with Crippen molar-refractivity contribution >= 4 is 46.9 Å². The molecule has 1 heterocycles. The lowest BCUT2D eigenvalue weighted by atomic mass is 10.1. The summed E-state index contributed by atoms with van der Waals surface area (Å²) < 4.78 is 5.33. The Morgan fingerprint density at radius 2 is 1.88 bits per heavy atom. The van der Waals surface area contributed by atoms with E-state index >= 15 is 0 Å². The molecule has 0 aliphatic carbocycles. The van der Waals surface area contributed by atoms with Crippen molar-refractivity contribution < 1.29 is 14.3 Å². The fourth-order valence-corrected chi connectivity index (χ4v) is 4.67. The van der Waals surface area contributed by atoms with Crippen LogP contribution in [0.1, 0.15) is 21.5 Å². The minimum atomic E-state index is -0.220. The van der Waals surface area contributed by atoms with Crippen molar-refractivity contribution in [2.75, 3.05) is 19.1 Å². The lowest BCUT2D eigenvalue weighted by molar-refractivity contribution is -0.114. The lowest BCUT2D eigenvalue weighted by Gasteiger charge is -2.27. The summed E-state index contributed by atoms with van der Waals surface area (Å²) in [5.74, 6) is 0.355. The average molecular weight is 465 g/mol. The Bertz CT molecular complexity index is 1230. The van der Waals surface area contributed by atoms with Crippen molar-refractivity contribution in [1.29, 1.82) is 0 Å². The van der Waals surface area contributed by atoms with Crippen molar-refractivity contribution in [3.05, 3.63) is 93.3 Å². The van der Waals surface area contributed by atoms with E-state index in [-0.39, 0.29) is 11.8 Å². The summed E-state index contributed by atoms with van der Waals surface area (Å²) in [5, 5.41) is 3.50. The Kier molecular flexibility index (Phi) is 6.53. The van der Waals surface area contributed by atoms with Crippen LogP contribution >= 0.6 is 23.4 Å². The zero-order valence-electron chi connectivity index (χ0n) is 17.6. The van der Waals surface area contributed by atoms with Crippen molar-refractivity contribution in [2.45, 2.75) is 11.4 Å². The third kappa shape index (κ3) is 4.52. The van der Waals surface area contributed by atoms with Crippen LogP contribution < -0.4 is 15.0 Å². The van der Waals surface area contributed by atoms with Gasteiger partial charge in [-0.05, 0) is 42.0 Å². The van der Waals surface area contributed by atoms with Gasteiger partial charge in [0.1, 0.15) is 5.75 Å². The third-order valence-electron chi connectivity index (χ3n) is 5.14. The minimum absolute atomic E-state index is 0.144. The highest BCUT2D eigenvalue weighted by Gasteiger charge is 2.27. The van der Waals surface area contributed by atoms with Crippen molar-refractivity contribution in [1.82, 2.24) is 5.32 Å². The molecule has 0 saturated heterocycles. The largest absolute Gasteiger partial charge is 0.496 e. The predicted molar refractivity (Wildman–Crippen MR) is 129 cm³/mol. The number of benzene rings is 3. The molecule has 7 heteroatoms. The molecule has 5 nitrogen and oxygen atoms in total. The van der Waals surface area contributed by atoms with Crippen LogP contribution in [0.5, 0.6) is 5.75 Å². The number of carbonyl (C=O) groups excluding carboxylic acids is 2. The molecule has 4 rings (SSSR count). The van der Waals surface area contributed by atoms with Gasteiger partial charge in [0.05, 0.1) is 17.7 Å². The SMILES string of the molecule is COc1ccccc1CNC(=O)c1ccc2c(c1)N(C)C(=O)/C(=C/c1ccccc1Cl)S2. The Balaban J connectivity index is 1.54. The Morgan fingerprint density at radius 1 is 1.12 bits per heavy atom. The van der Waals surface area contributed by atoms with E-state index in [0.717, 1.165) is 21.8 Å². The molecule has 0 atom stereocenters. The summed E-state index contributed by atoms with van der Waals surface area (Å²) in [4.78, 5) is 28.7. The van der Waals surface area contributed by atoms with Gasteiger partial charge in [0.25, 0.3) is 11.8 Å². The van der Waals surface area contributed by atoms with Crippen LogP contribution in [0.4, 0.5) is 5.69 Å². The molecule has 2 amide bonds. The topological polar surface area (TPSA) is 58.6 Å². The number of thioether (sulfide) groups is 1. The van der Waals surface area contributed by atoms with Gasteiger partial charge in [-0.15, -0.1) is 0 Å². The summed E-state index contributed by atoms with van der Waals surface area (Å²) in [6, 6.07) is 20.3. The molecule has 0 spiro atoms. The minimum Gasteiger partial charge on any atom is -0.496 e. The number of rotatable bonds is 5. The van der Waals surface area contributed by atoms with Gasteiger partial charge < -0.3 is 15.0 Å². The second-order valence-corrected chi connectivity index (χ2v) is 8.66. The van der Waals surface area contributed by atoms with E-state index in [1.165, 1.54) is 11.8 Å². The fourth-order valence-electron chi connectivity index (χ4n) is 3.40. The molecule has 0 saturated carbocycles. The second-order valence-electron chi connectivity index (χ2n) is 7.17. The number of hydrogen-bond acceptors (Lipinski definition) is 4. The number of methoxy groups -OCH3 is 1. The molecule has 32 heavy (non-hydrogen) atoms. The van der Waals surface area contributed by atoms with Gasteiger partial charge in [-0.25, -0.2) is 0 Å². The maximum absolute atomic E-state index is 12.9. The van der Waals surface area contributed by atoms with E-state index in [0.29, 0.717) is 27.7 Å². The predicted octanol–water partition coefficient (Wildman–Crippen LogP) is 5.39. The summed E-state index contributed by atoms with van der Waals surface area (Å²) in [5.41, 5.74) is 2.85. The zero-order valence-corrected chi connectivity index (χ0v) is 19.2. The van der Waals surface area contributed by atoms with E-state index in [1.807, 2.05) is 48.5 Å². The summed E-state index contributed by atoms with van der Waals surface area (Å²) in [6.07, 6.45) is 1.79. The number of ether oxygens (including phenoxy) is 1. The molecule has 162 valence electrons. The van der Waals surface area contributed by atoms with E-state index in [2.05, 4.69) is 5.32 Å². The van der Waals surface area contributed by atoms with Crippen molar-refractivity contribution in [2.24, 2.45) is 0 Å². The van der Waals surface area contributed by atoms with Gasteiger partial charge in [0.2, 0.25) is 0 Å². The van der Waals surface area contributed by atoms with Crippen LogP contribution in [0.2, 0.25) is 5.02 Å². The summed E-state index contributed by atoms with van der Waals surface area (Å²) in [7, 11) is 3.31. The number of likely N-dealkylation sites (N-methyl/N-ethyl adjacent to an activating group) is 1. The molecule has 0 fully saturated rings. The molecule has 0 unspecified atom stereocenters. The maximum Gasteiger partial charge on any atom is 0.264 e. The number of fused-ring (bicyclic) bond motifs is 1. The molecule has 0 aromatic heterocycles. The molecule has 1 aliphatic heterocycles. The van der Waals surface area contributed by atoms with Crippen LogP contribution in [0.15, 0.2) is 76.5 Å². The highest BCUT2D eigenvalue weighted by molar-refractivity contribution is 8.04. The van der Waals surface area contributed by atoms with Crippen LogP contribution in [-0.2, 0) is 11.3 Å². The molecule has 0 radical (unpaired) electrons. The number of para-hydroxylation sites is 1. The quantitative estimate of drug-likeness (QED) is 0.514. The van der Waals surface area contributed by atoms with Crippen LogP contribution in [0.25, 0.3) is 6.08 Å². The van der Waals surface area contributed by atoms with Crippen molar-refractivity contribution in [3.8, 4) is 5.75 Å².